The van der Waals surface area contributed by atoms with E-state index >= 15 is 0 Å². The van der Waals surface area contributed by atoms with Gasteiger partial charge in [-0.25, -0.2) is 4.98 Å². The second kappa shape index (κ2) is 4.35. The van der Waals surface area contributed by atoms with Crippen molar-refractivity contribution in [3.8, 4) is 11.6 Å². The van der Waals surface area contributed by atoms with Gasteiger partial charge in [0.05, 0.1) is 0 Å². The smallest absolute Gasteiger partial charge is 0.212 e. The standard InChI is InChI=1S/C8H12N6S/c1-5(2)3-9-8-12-7(14-15-8)6-10-4-11-13-6/h4-5H,3H2,1-2H3,(H,9,12,14)(H,10,11,13). The first-order valence-electron chi connectivity index (χ1n) is 4.69. The summed E-state index contributed by atoms with van der Waals surface area (Å²) in [5, 5.41) is 10.5. The maximum Gasteiger partial charge on any atom is 0.212 e. The van der Waals surface area contributed by atoms with Crippen LogP contribution in [0.4, 0.5) is 5.13 Å². The van der Waals surface area contributed by atoms with E-state index in [9.17, 15) is 0 Å². The third-order valence-electron chi connectivity index (χ3n) is 1.71. The van der Waals surface area contributed by atoms with Gasteiger partial charge < -0.3 is 5.32 Å². The molecule has 80 valence electrons. The summed E-state index contributed by atoms with van der Waals surface area (Å²) in [5.74, 6) is 1.77. The molecule has 0 saturated carbocycles. The fourth-order valence-electron chi connectivity index (χ4n) is 0.996. The zero-order valence-electron chi connectivity index (χ0n) is 8.56. The molecule has 0 aromatic carbocycles. The molecule has 15 heavy (non-hydrogen) atoms. The molecule has 2 aromatic heterocycles. The highest BCUT2D eigenvalue weighted by atomic mass is 32.1. The molecule has 6 nitrogen and oxygen atoms in total. The van der Waals surface area contributed by atoms with Crippen LogP contribution in [0, 0.1) is 5.92 Å². The molecule has 2 heterocycles. The van der Waals surface area contributed by atoms with Crippen molar-refractivity contribution in [3.05, 3.63) is 6.33 Å². The van der Waals surface area contributed by atoms with Crippen LogP contribution in [-0.4, -0.2) is 31.1 Å². The Morgan fingerprint density at radius 1 is 1.53 bits per heavy atom. The molecule has 0 aliphatic rings. The van der Waals surface area contributed by atoms with Crippen LogP contribution in [0.5, 0.6) is 0 Å². The van der Waals surface area contributed by atoms with Crippen molar-refractivity contribution in [1.82, 2.24) is 24.5 Å². The number of hydrogen-bond donors (Lipinski definition) is 2. The van der Waals surface area contributed by atoms with E-state index in [4.69, 9.17) is 0 Å². The van der Waals surface area contributed by atoms with Crippen molar-refractivity contribution in [2.45, 2.75) is 13.8 Å². The molecule has 0 amide bonds. The predicted molar refractivity (Wildman–Crippen MR) is 58.6 cm³/mol. The molecular weight excluding hydrogens is 212 g/mol. The van der Waals surface area contributed by atoms with E-state index in [0.717, 1.165) is 11.7 Å². The Labute approximate surface area is 91.3 Å². The zero-order chi connectivity index (χ0) is 10.7. The second-order valence-corrected chi connectivity index (χ2v) is 4.28. The summed E-state index contributed by atoms with van der Waals surface area (Å²) in [6.07, 6.45) is 1.44. The fourth-order valence-corrected chi connectivity index (χ4v) is 1.57. The van der Waals surface area contributed by atoms with Gasteiger partial charge in [0.1, 0.15) is 6.33 Å². The van der Waals surface area contributed by atoms with E-state index in [-0.39, 0.29) is 0 Å². The Bertz CT molecular complexity index is 406. The molecule has 0 saturated heterocycles. The Balaban J connectivity index is 2.04. The number of anilines is 1. The van der Waals surface area contributed by atoms with E-state index in [1.807, 2.05) is 0 Å². The van der Waals surface area contributed by atoms with Crippen LogP contribution < -0.4 is 5.32 Å². The Hall–Kier alpha value is -1.50. The van der Waals surface area contributed by atoms with Crippen LogP contribution in [0.1, 0.15) is 13.8 Å². The molecule has 0 radical (unpaired) electrons. The Morgan fingerprint density at radius 2 is 2.40 bits per heavy atom. The normalized spacial score (nSPS) is 10.9. The highest BCUT2D eigenvalue weighted by molar-refractivity contribution is 7.09. The van der Waals surface area contributed by atoms with E-state index < -0.39 is 0 Å². The monoisotopic (exact) mass is 224 g/mol. The topological polar surface area (TPSA) is 79.4 Å². The van der Waals surface area contributed by atoms with Gasteiger partial charge in [0, 0.05) is 18.1 Å². The molecule has 0 bridgehead atoms. The van der Waals surface area contributed by atoms with Crippen LogP contribution in [0.2, 0.25) is 0 Å². The minimum Gasteiger partial charge on any atom is -0.360 e. The lowest BCUT2D eigenvalue weighted by molar-refractivity contribution is 0.688. The van der Waals surface area contributed by atoms with Crippen LogP contribution in [-0.2, 0) is 0 Å². The molecule has 0 fully saturated rings. The van der Waals surface area contributed by atoms with Crippen molar-refractivity contribution in [2.75, 3.05) is 11.9 Å². The van der Waals surface area contributed by atoms with E-state index in [1.54, 1.807) is 0 Å². The van der Waals surface area contributed by atoms with Gasteiger partial charge in [-0.15, -0.1) is 0 Å². The van der Waals surface area contributed by atoms with Gasteiger partial charge in [0.25, 0.3) is 0 Å². The first-order valence-corrected chi connectivity index (χ1v) is 5.46. The fraction of sp³-hybridized carbons (Fsp3) is 0.500. The molecule has 0 unspecified atom stereocenters. The number of rotatable bonds is 4. The van der Waals surface area contributed by atoms with Crippen molar-refractivity contribution in [1.29, 1.82) is 0 Å². The number of H-pyrrole nitrogens is 1. The zero-order valence-corrected chi connectivity index (χ0v) is 9.38. The van der Waals surface area contributed by atoms with Gasteiger partial charge in [-0.2, -0.15) is 14.5 Å². The van der Waals surface area contributed by atoms with E-state index in [0.29, 0.717) is 17.6 Å². The lowest BCUT2D eigenvalue weighted by Gasteiger charge is -2.03. The van der Waals surface area contributed by atoms with Gasteiger partial charge in [0.15, 0.2) is 5.82 Å². The van der Waals surface area contributed by atoms with Crippen LogP contribution >= 0.6 is 11.5 Å². The largest absolute Gasteiger partial charge is 0.360 e. The molecule has 2 rings (SSSR count). The number of aromatic amines is 1. The highest BCUT2D eigenvalue weighted by Gasteiger charge is 2.08. The number of aromatic nitrogens is 5. The van der Waals surface area contributed by atoms with Crippen LogP contribution in [0.15, 0.2) is 6.33 Å². The molecule has 2 N–H and O–H groups in total. The SMILES string of the molecule is CC(C)CNc1nc(-c2ncn[nH]2)ns1. The molecule has 0 spiro atoms. The summed E-state index contributed by atoms with van der Waals surface area (Å²) >= 11 is 1.33. The quantitative estimate of drug-likeness (QED) is 0.820. The summed E-state index contributed by atoms with van der Waals surface area (Å²) in [6.45, 7) is 5.18. The van der Waals surface area contributed by atoms with Crippen molar-refractivity contribution < 1.29 is 0 Å². The summed E-state index contributed by atoms with van der Waals surface area (Å²) in [6, 6.07) is 0. The van der Waals surface area contributed by atoms with Gasteiger partial charge in [-0.05, 0) is 5.92 Å². The first-order chi connectivity index (χ1) is 7.25. The van der Waals surface area contributed by atoms with Crippen molar-refractivity contribution in [2.24, 2.45) is 5.92 Å². The summed E-state index contributed by atoms with van der Waals surface area (Å²) in [7, 11) is 0. The lowest BCUT2D eigenvalue weighted by Crippen LogP contribution is -2.07. The van der Waals surface area contributed by atoms with Gasteiger partial charge in [-0.1, -0.05) is 13.8 Å². The van der Waals surface area contributed by atoms with Crippen molar-refractivity contribution >= 4 is 16.7 Å². The minimum atomic E-state index is 0.586. The van der Waals surface area contributed by atoms with Crippen LogP contribution in [0.25, 0.3) is 11.6 Å². The first kappa shape index (κ1) is 10.0. The Kier molecular flexibility index (Phi) is 2.91. The predicted octanol–water partition coefficient (Wildman–Crippen LogP) is 1.39. The number of nitrogens with one attached hydrogen (secondary N) is 2. The lowest BCUT2D eigenvalue weighted by atomic mass is 10.2. The average molecular weight is 224 g/mol. The van der Waals surface area contributed by atoms with E-state index in [2.05, 4.69) is 43.7 Å². The maximum absolute atomic E-state index is 4.29. The number of hydrogen-bond acceptors (Lipinski definition) is 6. The molecule has 0 aliphatic heterocycles. The summed E-state index contributed by atoms with van der Waals surface area (Å²) in [5.41, 5.74) is 0. The second-order valence-electron chi connectivity index (χ2n) is 3.53. The van der Waals surface area contributed by atoms with E-state index in [1.165, 1.54) is 17.9 Å². The maximum atomic E-state index is 4.29. The summed E-state index contributed by atoms with van der Waals surface area (Å²) < 4.78 is 4.17. The summed E-state index contributed by atoms with van der Waals surface area (Å²) in [4.78, 5) is 8.27. The van der Waals surface area contributed by atoms with Crippen LogP contribution in [0.3, 0.4) is 0 Å². The molecule has 2 aromatic rings. The number of nitrogens with zero attached hydrogens (tertiary/aromatic N) is 4. The minimum absolute atomic E-state index is 0.586. The molecule has 0 aliphatic carbocycles. The van der Waals surface area contributed by atoms with Gasteiger partial charge >= 0.3 is 0 Å². The van der Waals surface area contributed by atoms with Gasteiger partial charge in [0.2, 0.25) is 11.0 Å². The molecule has 0 atom stereocenters. The average Bonchev–Trinajstić information content (AvgIpc) is 2.85. The third kappa shape index (κ3) is 2.50. The molecular formula is C8H12N6S. The Morgan fingerprint density at radius 3 is 3.07 bits per heavy atom. The van der Waals surface area contributed by atoms with Crippen molar-refractivity contribution in [3.63, 3.8) is 0 Å². The third-order valence-corrected chi connectivity index (χ3v) is 2.39. The highest BCUT2D eigenvalue weighted by Crippen LogP contribution is 2.17. The van der Waals surface area contributed by atoms with Gasteiger partial charge in [-0.3, -0.25) is 5.10 Å². The molecule has 7 heteroatoms.